The lowest BCUT2D eigenvalue weighted by Crippen LogP contribution is -2.46. The number of ether oxygens (including phenoxy) is 1. The Morgan fingerprint density at radius 2 is 1.74 bits per heavy atom. The van der Waals surface area contributed by atoms with Gasteiger partial charge in [0, 0.05) is 25.7 Å². The van der Waals surface area contributed by atoms with Gasteiger partial charge in [0.05, 0.1) is 12.0 Å². The SMILES string of the molecule is COc1cc(C)c(S(=O)(=O)CNCCCNC(=O)N2CCC(C(c3ccccc3)N(C)C)CC2)c(C)c1C. The molecule has 9 heteroatoms. The number of likely N-dealkylation sites (tertiary alicyclic amines) is 1. The van der Waals surface area contributed by atoms with E-state index in [1.54, 1.807) is 20.1 Å². The Morgan fingerprint density at radius 1 is 1.08 bits per heavy atom. The van der Waals surface area contributed by atoms with E-state index in [9.17, 15) is 13.2 Å². The van der Waals surface area contributed by atoms with Crippen molar-refractivity contribution in [3.05, 3.63) is 58.7 Å². The van der Waals surface area contributed by atoms with Crippen LogP contribution in [0.2, 0.25) is 0 Å². The Morgan fingerprint density at radius 3 is 2.34 bits per heavy atom. The van der Waals surface area contributed by atoms with Crippen LogP contribution in [0.4, 0.5) is 4.79 Å². The van der Waals surface area contributed by atoms with Gasteiger partial charge in [-0.2, -0.15) is 0 Å². The first-order valence-electron chi connectivity index (χ1n) is 13.4. The minimum atomic E-state index is -3.49. The van der Waals surface area contributed by atoms with Crippen LogP contribution in [0, 0.1) is 26.7 Å². The molecule has 0 aromatic heterocycles. The number of aryl methyl sites for hydroxylation is 1. The minimum Gasteiger partial charge on any atom is -0.496 e. The lowest BCUT2D eigenvalue weighted by Gasteiger charge is -2.39. The number of nitrogens with one attached hydrogen (secondary N) is 2. The molecular formula is C29H44N4O4S. The Kier molecular flexibility index (Phi) is 10.6. The van der Waals surface area contributed by atoms with E-state index in [-0.39, 0.29) is 11.9 Å². The molecule has 2 amide bonds. The van der Waals surface area contributed by atoms with Crippen LogP contribution < -0.4 is 15.4 Å². The van der Waals surface area contributed by atoms with Crippen LogP contribution in [-0.2, 0) is 9.84 Å². The molecule has 0 aliphatic carbocycles. The normalized spacial score (nSPS) is 15.5. The van der Waals surface area contributed by atoms with Crippen LogP contribution in [0.1, 0.15) is 47.6 Å². The zero-order valence-electron chi connectivity index (χ0n) is 23.7. The first-order chi connectivity index (χ1) is 18.1. The summed E-state index contributed by atoms with van der Waals surface area (Å²) in [5.74, 6) is 1.06. The first kappa shape index (κ1) is 29.9. The van der Waals surface area contributed by atoms with E-state index in [1.165, 1.54) is 5.56 Å². The Bertz CT molecular complexity index is 1180. The van der Waals surface area contributed by atoms with Crippen LogP contribution in [-0.4, -0.2) is 77.5 Å². The maximum atomic E-state index is 13.0. The van der Waals surface area contributed by atoms with Gasteiger partial charge in [0.1, 0.15) is 11.6 Å². The molecule has 1 atom stereocenters. The van der Waals surface area contributed by atoms with Gasteiger partial charge < -0.3 is 25.2 Å². The summed E-state index contributed by atoms with van der Waals surface area (Å²) in [6.07, 6.45) is 2.58. The predicted molar refractivity (Wildman–Crippen MR) is 152 cm³/mol. The molecule has 0 spiro atoms. The molecule has 2 aromatic rings. The quantitative estimate of drug-likeness (QED) is 0.415. The molecule has 8 nitrogen and oxygen atoms in total. The number of benzene rings is 2. The number of urea groups is 1. The summed E-state index contributed by atoms with van der Waals surface area (Å²) in [5.41, 5.74) is 3.56. The van der Waals surface area contributed by atoms with E-state index < -0.39 is 9.84 Å². The molecule has 3 rings (SSSR count). The topological polar surface area (TPSA) is 91.0 Å². The summed E-state index contributed by atoms with van der Waals surface area (Å²) >= 11 is 0. The summed E-state index contributed by atoms with van der Waals surface area (Å²) in [5, 5.41) is 6.03. The molecule has 1 aliphatic rings. The third-order valence-electron chi connectivity index (χ3n) is 7.58. The van der Waals surface area contributed by atoms with Gasteiger partial charge >= 0.3 is 6.03 Å². The average molecular weight is 545 g/mol. The second-order valence-corrected chi connectivity index (χ2v) is 12.4. The molecule has 1 heterocycles. The second-order valence-electron chi connectivity index (χ2n) is 10.5. The van der Waals surface area contributed by atoms with Gasteiger partial charge in [-0.15, -0.1) is 0 Å². The van der Waals surface area contributed by atoms with Gasteiger partial charge in [0.25, 0.3) is 0 Å². The van der Waals surface area contributed by atoms with Crippen molar-refractivity contribution in [2.75, 3.05) is 53.3 Å². The number of nitrogens with zero attached hydrogens (tertiary/aromatic N) is 2. The van der Waals surface area contributed by atoms with Crippen LogP contribution in [0.3, 0.4) is 0 Å². The third-order valence-corrected chi connectivity index (χ3v) is 9.41. The molecular weight excluding hydrogens is 500 g/mol. The number of amides is 2. The Hall–Kier alpha value is -2.62. The Balaban J connectivity index is 1.41. The number of carbonyl (C=O) groups is 1. The van der Waals surface area contributed by atoms with E-state index >= 15 is 0 Å². The van der Waals surface area contributed by atoms with Crippen molar-refractivity contribution >= 4 is 15.9 Å². The fourth-order valence-electron chi connectivity index (χ4n) is 5.57. The number of hydrogen-bond donors (Lipinski definition) is 2. The monoisotopic (exact) mass is 544 g/mol. The van der Waals surface area contributed by atoms with E-state index in [0.29, 0.717) is 47.7 Å². The fourth-order valence-corrected chi connectivity index (χ4v) is 7.30. The van der Waals surface area contributed by atoms with Crippen molar-refractivity contribution in [2.45, 2.75) is 51.0 Å². The summed E-state index contributed by atoms with van der Waals surface area (Å²) in [6, 6.07) is 12.7. The van der Waals surface area contributed by atoms with E-state index in [2.05, 4.69) is 53.9 Å². The molecule has 1 aliphatic heterocycles. The number of hydrogen-bond acceptors (Lipinski definition) is 6. The fraction of sp³-hybridized carbons (Fsp3) is 0.552. The minimum absolute atomic E-state index is 0.0443. The van der Waals surface area contributed by atoms with Crippen LogP contribution in [0.15, 0.2) is 41.3 Å². The lowest BCUT2D eigenvalue weighted by atomic mass is 9.85. The van der Waals surface area contributed by atoms with Crippen molar-refractivity contribution < 1.29 is 17.9 Å². The van der Waals surface area contributed by atoms with Crippen molar-refractivity contribution in [3.63, 3.8) is 0 Å². The highest BCUT2D eigenvalue weighted by molar-refractivity contribution is 7.91. The van der Waals surface area contributed by atoms with Crippen LogP contribution >= 0.6 is 0 Å². The van der Waals surface area contributed by atoms with Crippen molar-refractivity contribution in [1.82, 2.24) is 20.4 Å². The van der Waals surface area contributed by atoms with E-state index in [0.717, 1.165) is 37.1 Å². The summed E-state index contributed by atoms with van der Waals surface area (Å²) in [6.45, 7) is 7.95. The molecule has 0 saturated carbocycles. The molecule has 210 valence electrons. The maximum absolute atomic E-state index is 13.0. The lowest BCUT2D eigenvalue weighted by molar-refractivity contribution is 0.125. The van der Waals surface area contributed by atoms with Crippen molar-refractivity contribution in [1.29, 1.82) is 0 Å². The van der Waals surface area contributed by atoms with Gasteiger partial charge in [0.2, 0.25) is 0 Å². The standard InChI is InChI=1S/C29H44N4O4S/c1-21-19-26(37-6)22(2)23(3)28(21)38(35,36)20-30-15-10-16-31-29(34)33-17-13-25(14-18-33)27(32(4)5)24-11-8-7-9-12-24/h7-9,11-12,19,25,27,30H,10,13-18,20H2,1-6H3,(H,31,34). The van der Waals surface area contributed by atoms with Gasteiger partial charge in [-0.05, 0) is 94.9 Å². The molecule has 1 unspecified atom stereocenters. The van der Waals surface area contributed by atoms with Crippen molar-refractivity contribution in [2.24, 2.45) is 5.92 Å². The molecule has 0 radical (unpaired) electrons. The van der Waals surface area contributed by atoms with Crippen molar-refractivity contribution in [3.8, 4) is 5.75 Å². The van der Waals surface area contributed by atoms with Gasteiger partial charge in [-0.3, -0.25) is 0 Å². The summed E-state index contributed by atoms with van der Waals surface area (Å²) in [4.78, 5) is 17.2. The number of rotatable bonds is 11. The second kappa shape index (κ2) is 13.4. The predicted octanol–water partition coefficient (Wildman–Crippen LogP) is 4.06. The zero-order valence-corrected chi connectivity index (χ0v) is 24.5. The number of carbonyl (C=O) groups excluding carboxylic acids is 1. The summed E-state index contributed by atoms with van der Waals surface area (Å²) < 4.78 is 31.4. The first-order valence-corrected chi connectivity index (χ1v) is 15.0. The Labute approximate surface area is 228 Å². The van der Waals surface area contributed by atoms with Gasteiger partial charge in [-0.25, -0.2) is 13.2 Å². The van der Waals surface area contributed by atoms with Crippen LogP contribution in [0.25, 0.3) is 0 Å². The highest BCUT2D eigenvalue weighted by Gasteiger charge is 2.30. The molecule has 1 fully saturated rings. The number of piperidine rings is 1. The van der Waals surface area contributed by atoms with Gasteiger partial charge in [-0.1, -0.05) is 30.3 Å². The third kappa shape index (κ3) is 7.27. The largest absolute Gasteiger partial charge is 0.496 e. The highest BCUT2D eigenvalue weighted by atomic mass is 32.2. The number of sulfone groups is 1. The molecule has 2 aromatic carbocycles. The molecule has 38 heavy (non-hydrogen) atoms. The summed E-state index contributed by atoms with van der Waals surface area (Å²) in [7, 11) is 2.34. The van der Waals surface area contributed by atoms with Crippen LogP contribution in [0.5, 0.6) is 5.75 Å². The van der Waals surface area contributed by atoms with E-state index in [1.807, 2.05) is 24.8 Å². The average Bonchev–Trinajstić information content (AvgIpc) is 2.89. The smallest absolute Gasteiger partial charge is 0.317 e. The molecule has 1 saturated heterocycles. The number of methoxy groups -OCH3 is 1. The molecule has 2 N–H and O–H groups in total. The maximum Gasteiger partial charge on any atom is 0.317 e. The molecule has 0 bridgehead atoms. The highest BCUT2D eigenvalue weighted by Crippen LogP contribution is 2.34. The van der Waals surface area contributed by atoms with Gasteiger partial charge in [0.15, 0.2) is 9.84 Å². The zero-order chi connectivity index (χ0) is 27.9. The van der Waals surface area contributed by atoms with E-state index in [4.69, 9.17) is 4.74 Å².